The first-order valence-electron chi connectivity index (χ1n) is 9.04. The number of carbonyl (C=O) groups is 2. The zero-order chi connectivity index (χ0) is 19.8. The largest absolute Gasteiger partial charge is 0.493 e. The molecule has 2 rings (SSSR count). The van der Waals surface area contributed by atoms with Crippen molar-refractivity contribution in [1.29, 1.82) is 0 Å². The van der Waals surface area contributed by atoms with Crippen LogP contribution in [0.2, 0.25) is 0 Å². The fourth-order valence-electron chi connectivity index (χ4n) is 2.81. The van der Waals surface area contributed by atoms with Crippen LogP contribution in [0.1, 0.15) is 25.8 Å². The van der Waals surface area contributed by atoms with Crippen LogP contribution in [0.5, 0.6) is 11.5 Å². The molecule has 1 atom stereocenters. The Balaban J connectivity index is 1.85. The van der Waals surface area contributed by atoms with Crippen molar-refractivity contribution in [1.82, 2.24) is 10.2 Å². The molecule has 1 aromatic rings. The molecule has 1 aliphatic heterocycles. The van der Waals surface area contributed by atoms with E-state index in [0.717, 1.165) is 5.56 Å². The molecule has 0 spiro atoms. The normalized spacial score (nSPS) is 18.1. The Labute approximate surface area is 164 Å². The number of amidine groups is 1. The van der Waals surface area contributed by atoms with E-state index in [-0.39, 0.29) is 18.2 Å². The van der Waals surface area contributed by atoms with Crippen LogP contribution in [0.3, 0.4) is 0 Å². The summed E-state index contributed by atoms with van der Waals surface area (Å²) in [5.74, 6) is 1.17. The summed E-state index contributed by atoms with van der Waals surface area (Å²) in [5.41, 5.74) is 1.04. The van der Waals surface area contributed by atoms with Gasteiger partial charge in [0.25, 0.3) is 0 Å². The van der Waals surface area contributed by atoms with Crippen LogP contribution >= 0.6 is 11.8 Å². The zero-order valence-electron chi connectivity index (χ0n) is 16.3. The zero-order valence-corrected chi connectivity index (χ0v) is 17.1. The second kappa shape index (κ2) is 10.2. The average molecular weight is 394 g/mol. The molecule has 1 N–H and O–H groups in total. The van der Waals surface area contributed by atoms with Crippen molar-refractivity contribution < 1.29 is 19.1 Å². The number of nitrogens with one attached hydrogen (secondary N) is 1. The highest BCUT2D eigenvalue weighted by Crippen LogP contribution is 2.29. The molecule has 1 heterocycles. The summed E-state index contributed by atoms with van der Waals surface area (Å²) in [6.07, 6.45) is 0.830. The van der Waals surface area contributed by atoms with Crippen molar-refractivity contribution in [2.45, 2.75) is 31.9 Å². The molecule has 148 valence electrons. The van der Waals surface area contributed by atoms with Gasteiger partial charge in [0.1, 0.15) is 5.25 Å². The Hall–Kier alpha value is -2.22. The molecule has 0 aromatic heterocycles. The van der Waals surface area contributed by atoms with Crippen LogP contribution in [0.25, 0.3) is 0 Å². The maximum Gasteiger partial charge on any atom is 0.242 e. The number of thioether (sulfide) groups is 1. The van der Waals surface area contributed by atoms with E-state index in [1.165, 1.54) is 11.8 Å². The molecule has 0 bridgehead atoms. The van der Waals surface area contributed by atoms with E-state index in [4.69, 9.17) is 9.47 Å². The number of amides is 2. The van der Waals surface area contributed by atoms with Gasteiger partial charge in [-0.3, -0.25) is 19.5 Å². The Morgan fingerprint density at radius 1 is 1.26 bits per heavy atom. The van der Waals surface area contributed by atoms with Crippen molar-refractivity contribution in [3.63, 3.8) is 0 Å². The molecule has 1 fully saturated rings. The third-order valence-electron chi connectivity index (χ3n) is 4.18. The third-order valence-corrected chi connectivity index (χ3v) is 5.40. The van der Waals surface area contributed by atoms with Gasteiger partial charge in [0.15, 0.2) is 16.7 Å². The van der Waals surface area contributed by atoms with Gasteiger partial charge in [-0.1, -0.05) is 17.8 Å². The highest BCUT2D eigenvalue weighted by Gasteiger charge is 2.37. The Morgan fingerprint density at radius 3 is 2.63 bits per heavy atom. The number of hydrogen-bond acceptors (Lipinski definition) is 6. The number of carbonyl (C=O) groups excluding carboxylic acids is 2. The van der Waals surface area contributed by atoms with Crippen LogP contribution in [0.15, 0.2) is 23.2 Å². The third kappa shape index (κ3) is 5.38. The molecule has 0 saturated carbocycles. The van der Waals surface area contributed by atoms with Crippen molar-refractivity contribution >= 4 is 28.7 Å². The molecular formula is C19H27N3O4S. The topological polar surface area (TPSA) is 80.2 Å². The Bertz CT molecular complexity index is 708. The molecule has 0 aliphatic carbocycles. The fraction of sp³-hybridized carbons (Fsp3) is 0.526. The number of rotatable bonds is 9. The second-order valence-electron chi connectivity index (χ2n) is 5.94. The molecule has 1 saturated heterocycles. The maximum absolute atomic E-state index is 12.4. The summed E-state index contributed by atoms with van der Waals surface area (Å²) in [6.45, 7) is 5.53. The first-order chi connectivity index (χ1) is 13.0. The van der Waals surface area contributed by atoms with Gasteiger partial charge in [-0.2, -0.15) is 0 Å². The number of aliphatic imine (C=N–C) groups is 1. The van der Waals surface area contributed by atoms with Gasteiger partial charge < -0.3 is 14.8 Å². The second-order valence-corrected chi connectivity index (χ2v) is 7.11. The van der Waals surface area contributed by atoms with Crippen LogP contribution in [-0.4, -0.2) is 61.0 Å². The predicted octanol–water partition coefficient (Wildman–Crippen LogP) is 2.09. The van der Waals surface area contributed by atoms with E-state index in [1.807, 2.05) is 32.0 Å². The molecule has 0 radical (unpaired) electrons. The minimum absolute atomic E-state index is 0.0373. The standard InChI is InChI=1S/C19H27N3O4S/c1-5-20-19-22(6-2)18(24)16(27-19)12-17(23)21-10-9-13-7-8-14(25-3)15(11-13)26-4/h7-8,11,16H,5-6,9-10,12H2,1-4H3,(H,21,23)/t16-/m0/s1. The van der Waals surface area contributed by atoms with E-state index < -0.39 is 5.25 Å². The monoisotopic (exact) mass is 393 g/mol. The average Bonchev–Trinajstić information content (AvgIpc) is 2.96. The summed E-state index contributed by atoms with van der Waals surface area (Å²) in [4.78, 5) is 30.6. The highest BCUT2D eigenvalue weighted by atomic mass is 32.2. The van der Waals surface area contributed by atoms with E-state index in [9.17, 15) is 9.59 Å². The van der Waals surface area contributed by atoms with Crippen LogP contribution in [-0.2, 0) is 16.0 Å². The van der Waals surface area contributed by atoms with Crippen molar-refractivity contribution in [2.75, 3.05) is 33.9 Å². The summed E-state index contributed by atoms with van der Waals surface area (Å²) < 4.78 is 10.5. The quantitative estimate of drug-likeness (QED) is 0.695. The lowest BCUT2D eigenvalue weighted by molar-refractivity contribution is -0.129. The SMILES string of the molecule is CCN=C1S[C@@H](CC(=O)NCCc2ccc(OC)c(OC)c2)C(=O)N1CC. The van der Waals surface area contributed by atoms with Gasteiger partial charge in [-0.25, -0.2) is 0 Å². The molecule has 27 heavy (non-hydrogen) atoms. The fourth-order valence-corrected chi connectivity index (χ4v) is 4.08. The number of ether oxygens (including phenoxy) is 2. The lowest BCUT2D eigenvalue weighted by Gasteiger charge is -2.13. The van der Waals surface area contributed by atoms with Gasteiger partial charge in [0.2, 0.25) is 11.8 Å². The van der Waals surface area contributed by atoms with E-state index >= 15 is 0 Å². The van der Waals surface area contributed by atoms with Gasteiger partial charge in [-0.05, 0) is 38.0 Å². The number of hydrogen-bond donors (Lipinski definition) is 1. The molecular weight excluding hydrogens is 366 g/mol. The summed E-state index contributed by atoms with van der Waals surface area (Å²) in [6, 6.07) is 5.68. The van der Waals surface area contributed by atoms with Crippen molar-refractivity contribution in [2.24, 2.45) is 4.99 Å². The number of nitrogens with zero attached hydrogens (tertiary/aromatic N) is 2. The van der Waals surface area contributed by atoms with Gasteiger partial charge in [0.05, 0.1) is 14.2 Å². The minimum Gasteiger partial charge on any atom is -0.493 e. The molecule has 2 amide bonds. The van der Waals surface area contributed by atoms with Gasteiger partial charge in [0, 0.05) is 26.1 Å². The highest BCUT2D eigenvalue weighted by molar-refractivity contribution is 8.15. The lowest BCUT2D eigenvalue weighted by Crippen LogP contribution is -2.35. The summed E-state index contributed by atoms with van der Waals surface area (Å²) in [7, 11) is 3.19. The van der Waals surface area contributed by atoms with Gasteiger partial charge >= 0.3 is 0 Å². The van der Waals surface area contributed by atoms with Crippen molar-refractivity contribution in [3.8, 4) is 11.5 Å². The predicted molar refractivity (Wildman–Crippen MR) is 108 cm³/mol. The maximum atomic E-state index is 12.4. The smallest absolute Gasteiger partial charge is 0.242 e. The van der Waals surface area contributed by atoms with Crippen LogP contribution in [0.4, 0.5) is 0 Å². The Morgan fingerprint density at radius 2 is 2.00 bits per heavy atom. The first kappa shape index (κ1) is 21.1. The van der Waals surface area contributed by atoms with Crippen molar-refractivity contribution in [3.05, 3.63) is 23.8 Å². The summed E-state index contributed by atoms with van der Waals surface area (Å²) in [5, 5.41) is 3.21. The molecule has 1 aromatic carbocycles. The Kier molecular flexibility index (Phi) is 7.97. The molecule has 8 heteroatoms. The molecule has 7 nitrogen and oxygen atoms in total. The minimum atomic E-state index is -0.392. The first-order valence-corrected chi connectivity index (χ1v) is 9.92. The summed E-state index contributed by atoms with van der Waals surface area (Å²) >= 11 is 1.38. The van der Waals surface area contributed by atoms with Crippen LogP contribution < -0.4 is 14.8 Å². The van der Waals surface area contributed by atoms with Crippen LogP contribution in [0, 0.1) is 0 Å². The van der Waals surface area contributed by atoms with Gasteiger partial charge in [-0.15, -0.1) is 0 Å². The molecule has 1 aliphatic rings. The number of benzene rings is 1. The van der Waals surface area contributed by atoms with E-state index in [0.29, 0.717) is 42.7 Å². The van der Waals surface area contributed by atoms with E-state index in [1.54, 1.807) is 19.1 Å². The number of methoxy groups -OCH3 is 2. The molecule has 0 unspecified atom stereocenters. The van der Waals surface area contributed by atoms with E-state index in [2.05, 4.69) is 10.3 Å². The lowest BCUT2D eigenvalue weighted by atomic mass is 10.1.